The van der Waals surface area contributed by atoms with Crippen molar-refractivity contribution < 1.29 is 22.8 Å². The van der Waals surface area contributed by atoms with E-state index in [1.165, 1.54) is 17.0 Å². The third-order valence-electron chi connectivity index (χ3n) is 7.52. The molecule has 0 unspecified atom stereocenters. The number of hydrogen-bond donors (Lipinski definition) is 0. The Labute approximate surface area is 238 Å². The highest BCUT2D eigenvalue weighted by Gasteiger charge is 2.33. The summed E-state index contributed by atoms with van der Waals surface area (Å²) in [5.74, 6) is -0.813. The third kappa shape index (κ3) is 7.27. The van der Waals surface area contributed by atoms with Crippen LogP contribution in [0.4, 0.5) is 13.2 Å². The van der Waals surface area contributed by atoms with Crippen LogP contribution < -0.4 is 0 Å². The number of nitrogens with zero attached hydrogens (tertiary/aromatic N) is 3. The van der Waals surface area contributed by atoms with Gasteiger partial charge in [-0.25, -0.2) is 0 Å². The predicted molar refractivity (Wildman–Crippen MR) is 150 cm³/mol. The molecule has 0 spiro atoms. The van der Waals surface area contributed by atoms with Gasteiger partial charge in [-0.2, -0.15) is 13.2 Å². The van der Waals surface area contributed by atoms with Gasteiger partial charge in [-0.05, 0) is 68.7 Å². The van der Waals surface area contributed by atoms with Crippen LogP contribution in [0.2, 0.25) is 5.02 Å². The van der Waals surface area contributed by atoms with E-state index in [1.807, 2.05) is 47.5 Å². The van der Waals surface area contributed by atoms with Gasteiger partial charge in [0.25, 0.3) is 5.91 Å². The Hall–Kier alpha value is -3.26. The van der Waals surface area contributed by atoms with Crippen molar-refractivity contribution in [2.75, 3.05) is 6.54 Å². The molecular formula is C31H35ClF3N3O2. The highest BCUT2D eigenvalue weighted by Crippen LogP contribution is 2.30. The monoisotopic (exact) mass is 573 g/mol. The highest BCUT2D eigenvalue weighted by molar-refractivity contribution is 6.31. The first-order valence-electron chi connectivity index (χ1n) is 13.7. The van der Waals surface area contributed by atoms with Crippen molar-refractivity contribution in [3.8, 4) is 0 Å². The third-order valence-corrected chi connectivity index (χ3v) is 7.89. The van der Waals surface area contributed by atoms with Gasteiger partial charge in [-0.1, -0.05) is 55.1 Å². The van der Waals surface area contributed by atoms with Crippen molar-refractivity contribution in [1.29, 1.82) is 0 Å². The first-order valence-corrected chi connectivity index (χ1v) is 14.1. The lowest BCUT2D eigenvalue weighted by atomic mass is 9.94. The summed E-state index contributed by atoms with van der Waals surface area (Å²) in [6.45, 7) is 4.23. The molecule has 4 rings (SSSR count). The number of aromatic nitrogens is 1. The lowest BCUT2D eigenvalue weighted by Crippen LogP contribution is -2.49. The second kappa shape index (κ2) is 12.9. The lowest BCUT2D eigenvalue weighted by molar-refractivity contribution is -0.138. The highest BCUT2D eigenvalue weighted by atomic mass is 35.5. The molecule has 0 saturated heterocycles. The Morgan fingerprint density at radius 2 is 1.73 bits per heavy atom. The zero-order valence-corrected chi connectivity index (χ0v) is 23.6. The smallest absolute Gasteiger partial charge is 0.345 e. The summed E-state index contributed by atoms with van der Waals surface area (Å²) in [7, 11) is 0. The predicted octanol–water partition coefficient (Wildman–Crippen LogP) is 7.42. The van der Waals surface area contributed by atoms with E-state index in [-0.39, 0.29) is 30.1 Å². The normalized spacial score (nSPS) is 14.4. The SMILES string of the molecule is CC(C)N(CC(=O)N(Cc1cccn1Cc1ccccc1Cl)C1CCCCC1)C(=O)c1cccc(C(F)(F)F)c1. The van der Waals surface area contributed by atoms with Gasteiger partial charge in [-0.15, -0.1) is 0 Å². The molecule has 0 N–H and O–H groups in total. The quantitative estimate of drug-likeness (QED) is 0.267. The number of carbonyl (C=O) groups excluding carboxylic acids is 2. The summed E-state index contributed by atoms with van der Waals surface area (Å²) >= 11 is 6.40. The number of rotatable bonds is 9. The summed E-state index contributed by atoms with van der Waals surface area (Å²) < 4.78 is 41.9. The number of amides is 2. The van der Waals surface area contributed by atoms with Gasteiger partial charge in [0.1, 0.15) is 6.54 Å². The van der Waals surface area contributed by atoms with E-state index < -0.39 is 17.6 Å². The van der Waals surface area contributed by atoms with Gasteiger partial charge in [0.05, 0.1) is 12.1 Å². The lowest BCUT2D eigenvalue weighted by Gasteiger charge is -2.37. The van der Waals surface area contributed by atoms with E-state index in [4.69, 9.17) is 11.6 Å². The van der Waals surface area contributed by atoms with Gasteiger partial charge < -0.3 is 14.4 Å². The zero-order valence-electron chi connectivity index (χ0n) is 22.8. The fourth-order valence-corrected chi connectivity index (χ4v) is 5.46. The molecular weight excluding hydrogens is 539 g/mol. The maximum atomic E-state index is 13.9. The molecule has 0 aliphatic heterocycles. The van der Waals surface area contributed by atoms with E-state index in [2.05, 4.69) is 4.57 Å². The van der Waals surface area contributed by atoms with Crippen LogP contribution in [0.1, 0.15) is 73.1 Å². The Bertz CT molecular complexity index is 1310. The Kier molecular flexibility index (Phi) is 9.61. The largest absolute Gasteiger partial charge is 0.416 e. The molecule has 214 valence electrons. The average Bonchev–Trinajstić information content (AvgIpc) is 3.37. The molecule has 9 heteroatoms. The molecule has 1 aromatic heterocycles. The summed E-state index contributed by atoms with van der Waals surface area (Å²) in [5, 5.41) is 0.669. The molecule has 1 fully saturated rings. The molecule has 5 nitrogen and oxygen atoms in total. The van der Waals surface area contributed by atoms with E-state index >= 15 is 0 Å². The Balaban J connectivity index is 1.57. The molecule has 2 aromatic carbocycles. The van der Waals surface area contributed by atoms with Crippen molar-refractivity contribution in [2.45, 2.75) is 77.3 Å². The fourth-order valence-electron chi connectivity index (χ4n) is 5.27. The van der Waals surface area contributed by atoms with Crippen LogP contribution in [0.3, 0.4) is 0 Å². The molecule has 1 saturated carbocycles. The number of carbonyl (C=O) groups is 2. The average molecular weight is 574 g/mol. The maximum Gasteiger partial charge on any atom is 0.416 e. The standard InChI is InChI=1S/C31H35ClF3N3O2/c1-22(2)37(30(40)23-11-8-12-25(18-23)31(33,34)35)21-29(39)38(26-13-4-3-5-14-26)20-27-15-9-17-36(27)19-24-10-6-7-16-28(24)32/h6-12,15-18,22,26H,3-5,13-14,19-21H2,1-2H3. The van der Waals surface area contributed by atoms with Crippen LogP contribution in [0.15, 0.2) is 66.9 Å². The molecule has 0 atom stereocenters. The van der Waals surface area contributed by atoms with Crippen molar-refractivity contribution in [3.63, 3.8) is 0 Å². The molecule has 1 aliphatic carbocycles. The fraction of sp³-hybridized carbons (Fsp3) is 0.419. The summed E-state index contributed by atoms with van der Waals surface area (Å²) in [5.41, 5.74) is 0.930. The Morgan fingerprint density at radius 1 is 1.00 bits per heavy atom. The molecule has 0 bridgehead atoms. The summed E-state index contributed by atoms with van der Waals surface area (Å²) in [6, 6.07) is 15.6. The summed E-state index contributed by atoms with van der Waals surface area (Å²) in [4.78, 5) is 30.5. The summed E-state index contributed by atoms with van der Waals surface area (Å²) in [6.07, 6.45) is 2.30. The van der Waals surface area contributed by atoms with E-state index in [0.717, 1.165) is 55.5 Å². The van der Waals surface area contributed by atoms with Crippen LogP contribution in [0.5, 0.6) is 0 Å². The molecule has 1 aliphatic rings. The number of alkyl halides is 3. The van der Waals surface area contributed by atoms with Crippen molar-refractivity contribution in [2.24, 2.45) is 0 Å². The first-order chi connectivity index (χ1) is 19.0. The maximum absolute atomic E-state index is 13.9. The molecule has 1 heterocycles. The van der Waals surface area contributed by atoms with Gasteiger partial charge in [0, 0.05) is 41.1 Å². The van der Waals surface area contributed by atoms with Gasteiger partial charge in [-0.3, -0.25) is 9.59 Å². The molecule has 3 aromatic rings. The van der Waals surface area contributed by atoms with Crippen LogP contribution in [0, 0.1) is 0 Å². The minimum Gasteiger partial charge on any atom is -0.345 e. The van der Waals surface area contributed by atoms with Crippen LogP contribution >= 0.6 is 11.6 Å². The second-order valence-electron chi connectivity index (χ2n) is 10.6. The van der Waals surface area contributed by atoms with Gasteiger partial charge >= 0.3 is 6.18 Å². The number of hydrogen-bond acceptors (Lipinski definition) is 2. The molecule has 2 amide bonds. The van der Waals surface area contributed by atoms with Crippen LogP contribution in [0.25, 0.3) is 0 Å². The van der Waals surface area contributed by atoms with Gasteiger partial charge in [0.15, 0.2) is 0 Å². The minimum absolute atomic E-state index is 0.0302. The Morgan fingerprint density at radius 3 is 2.40 bits per heavy atom. The van der Waals surface area contributed by atoms with Crippen molar-refractivity contribution >= 4 is 23.4 Å². The molecule has 0 radical (unpaired) electrons. The van der Waals surface area contributed by atoms with Crippen molar-refractivity contribution in [1.82, 2.24) is 14.4 Å². The minimum atomic E-state index is -4.56. The van der Waals surface area contributed by atoms with E-state index in [9.17, 15) is 22.8 Å². The van der Waals surface area contributed by atoms with Crippen LogP contribution in [-0.2, 0) is 24.1 Å². The number of benzene rings is 2. The first kappa shape index (κ1) is 29.7. The second-order valence-corrected chi connectivity index (χ2v) is 11.0. The topological polar surface area (TPSA) is 45.6 Å². The van der Waals surface area contributed by atoms with Crippen LogP contribution in [-0.4, -0.2) is 44.8 Å². The molecule has 40 heavy (non-hydrogen) atoms. The van der Waals surface area contributed by atoms with Gasteiger partial charge in [0.2, 0.25) is 5.91 Å². The zero-order chi connectivity index (χ0) is 28.9. The van der Waals surface area contributed by atoms with E-state index in [1.54, 1.807) is 13.8 Å². The van der Waals surface area contributed by atoms with E-state index in [0.29, 0.717) is 18.1 Å². The van der Waals surface area contributed by atoms with Crippen molar-refractivity contribution in [3.05, 3.63) is 94.3 Å². The number of halogens is 4.